The van der Waals surface area contributed by atoms with E-state index in [4.69, 9.17) is 14.7 Å². The van der Waals surface area contributed by atoms with E-state index in [0.717, 1.165) is 80.8 Å². The molecule has 0 aromatic carbocycles. The lowest BCUT2D eigenvalue weighted by atomic mass is 9.94. The van der Waals surface area contributed by atoms with Crippen molar-refractivity contribution in [3.63, 3.8) is 0 Å². The van der Waals surface area contributed by atoms with Crippen LogP contribution in [0.5, 0.6) is 0 Å². The monoisotopic (exact) mass is 451 g/mol. The van der Waals surface area contributed by atoms with Crippen molar-refractivity contribution in [3.8, 4) is 0 Å². The number of aromatic nitrogens is 3. The highest BCUT2D eigenvalue weighted by molar-refractivity contribution is 5.82. The van der Waals surface area contributed by atoms with Gasteiger partial charge in [-0.05, 0) is 45.2 Å². The Morgan fingerprint density at radius 3 is 2.58 bits per heavy atom. The number of rotatable bonds is 4. The van der Waals surface area contributed by atoms with E-state index in [9.17, 15) is 4.79 Å². The van der Waals surface area contributed by atoms with Gasteiger partial charge in [-0.15, -0.1) is 0 Å². The molecule has 2 aromatic heterocycles. The third kappa shape index (κ3) is 4.71. The zero-order valence-electron chi connectivity index (χ0n) is 19.5. The van der Waals surface area contributed by atoms with Gasteiger partial charge in [-0.25, -0.2) is 20.8 Å². The third-order valence-corrected chi connectivity index (χ3v) is 7.11. The highest BCUT2D eigenvalue weighted by Crippen LogP contribution is 2.30. The molecule has 9 nitrogen and oxygen atoms in total. The molecule has 1 amide bonds. The molecule has 9 heteroatoms. The molecular weight excluding hydrogens is 418 g/mol. The van der Waals surface area contributed by atoms with Crippen molar-refractivity contribution < 1.29 is 9.53 Å². The fourth-order valence-electron chi connectivity index (χ4n) is 4.97. The average molecular weight is 452 g/mol. The van der Waals surface area contributed by atoms with Crippen LogP contribution in [0.25, 0.3) is 0 Å². The molecule has 3 aliphatic heterocycles. The van der Waals surface area contributed by atoms with Crippen LogP contribution in [0.1, 0.15) is 54.0 Å². The smallest absolute Gasteiger partial charge is 0.241 e. The lowest BCUT2D eigenvalue weighted by Crippen LogP contribution is -2.48. The molecule has 2 unspecified atom stereocenters. The predicted molar refractivity (Wildman–Crippen MR) is 125 cm³/mol. The van der Waals surface area contributed by atoms with Crippen LogP contribution < -0.4 is 15.8 Å². The minimum Gasteiger partial charge on any atom is -0.378 e. The summed E-state index contributed by atoms with van der Waals surface area (Å²) in [7, 11) is 0. The lowest BCUT2D eigenvalue weighted by molar-refractivity contribution is -0.134. The van der Waals surface area contributed by atoms with E-state index >= 15 is 0 Å². The summed E-state index contributed by atoms with van der Waals surface area (Å²) in [6.45, 7) is 8.86. The summed E-state index contributed by atoms with van der Waals surface area (Å²) >= 11 is 0. The fraction of sp³-hybridized carbons (Fsp3) is 0.583. The topological polar surface area (TPSA) is 95.5 Å². The summed E-state index contributed by atoms with van der Waals surface area (Å²) in [6.07, 6.45) is 4.27. The molecule has 0 saturated carbocycles. The highest BCUT2D eigenvalue weighted by atomic mass is 16.5. The number of likely N-dealkylation sites (tertiary alicyclic amines) is 1. The minimum absolute atomic E-state index is 0.0558. The summed E-state index contributed by atoms with van der Waals surface area (Å²) in [4.78, 5) is 31.7. The number of amides is 1. The van der Waals surface area contributed by atoms with Gasteiger partial charge in [0.1, 0.15) is 17.7 Å². The lowest BCUT2D eigenvalue weighted by Gasteiger charge is -2.34. The van der Waals surface area contributed by atoms with Gasteiger partial charge >= 0.3 is 0 Å². The van der Waals surface area contributed by atoms with Gasteiger partial charge in [-0.1, -0.05) is 6.07 Å². The maximum Gasteiger partial charge on any atom is 0.241 e. The Morgan fingerprint density at radius 1 is 1.06 bits per heavy atom. The maximum atomic E-state index is 13.1. The van der Waals surface area contributed by atoms with E-state index in [-0.39, 0.29) is 23.9 Å². The van der Waals surface area contributed by atoms with E-state index in [2.05, 4.69) is 34.6 Å². The first-order valence-electron chi connectivity index (χ1n) is 12.0. The first-order chi connectivity index (χ1) is 16.1. The molecule has 3 aliphatic rings. The van der Waals surface area contributed by atoms with Crippen LogP contribution in [0.3, 0.4) is 0 Å². The molecule has 3 saturated heterocycles. The number of ether oxygens (including phenoxy) is 1. The normalized spacial score (nSPS) is 24.3. The molecule has 176 valence electrons. The van der Waals surface area contributed by atoms with Gasteiger partial charge in [0, 0.05) is 49.6 Å². The minimum atomic E-state index is -0.223. The number of piperidine rings is 1. The maximum absolute atomic E-state index is 13.1. The van der Waals surface area contributed by atoms with Crippen LogP contribution in [0, 0.1) is 13.8 Å². The van der Waals surface area contributed by atoms with Crippen molar-refractivity contribution in [3.05, 3.63) is 47.2 Å². The van der Waals surface area contributed by atoms with Gasteiger partial charge in [0.2, 0.25) is 5.91 Å². The van der Waals surface area contributed by atoms with E-state index in [0.29, 0.717) is 6.42 Å². The van der Waals surface area contributed by atoms with E-state index in [1.165, 1.54) is 0 Å². The molecule has 2 aromatic rings. The zero-order valence-corrected chi connectivity index (χ0v) is 19.5. The molecule has 0 aliphatic carbocycles. The SMILES string of the molecule is Cc1nc(C2CCN(C(=O)C3CC(c4ccccn4)NN3)CC2)nc(N2CCOCC2)c1C. The van der Waals surface area contributed by atoms with Crippen LogP contribution >= 0.6 is 0 Å². The molecule has 2 atom stereocenters. The van der Waals surface area contributed by atoms with Crippen molar-refractivity contribution in [1.82, 2.24) is 30.7 Å². The van der Waals surface area contributed by atoms with Crippen LogP contribution in [-0.4, -0.2) is 71.2 Å². The largest absolute Gasteiger partial charge is 0.378 e. The number of carbonyl (C=O) groups excluding carboxylic acids is 1. The molecule has 33 heavy (non-hydrogen) atoms. The first-order valence-corrected chi connectivity index (χ1v) is 12.0. The Labute approximate surface area is 194 Å². The van der Waals surface area contributed by atoms with Gasteiger partial charge < -0.3 is 14.5 Å². The molecule has 2 N–H and O–H groups in total. The second kappa shape index (κ2) is 9.70. The van der Waals surface area contributed by atoms with Crippen molar-refractivity contribution in [2.75, 3.05) is 44.3 Å². The molecular formula is C24H33N7O2. The Kier molecular flexibility index (Phi) is 6.52. The summed E-state index contributed by atoms with van der Waals surface area (Å²) < 4.78 is 5.51. The number of carbonyl (C=O) groups is 1. The summed E-state index contributed by atoms with van der Waals surface area (Å²) in [5.41, 5.74) is 9.57. The Hall–Kier alpha value is -2.62. The van der Waals surface area contributed by atoms with Crippen LogP contribution in [-0.2, 0) is 9.53 Å². The molecule has 0 bridgehead atoms. The van der Waals surface area contributed by atoms with Gasteiger partial charge in [0.15, 0.2) is 0 Å². The van der Waals surface area contributed by atoms with Gasteiger partial charge in [0.05, 0.1) is 24.9 Å². The Balaban J connectivity index is 1.21. The number of nitrogens with one attached hydrogen (secondary N) is 2. The van der Waals surface area contributed by atoms with Crippen LogP contribution in [0.4, 0.5) is 5.82 Å². The zero-order chi connectivity index (χ0) is 22.8. The number of morpholine rings is 1. The molecule has 3 fully saturated rings. The van der Waals surface area contributed by atoms with Gasteiger partial charge in [-0.2, -0.15) is 0 Å². The summed E-state index contributed by atoms with van der Waals surface area (Å²) in [5.74, 6) is 2.40. The van der Waals surface area contributed by atoms with E-state index in [1.807, 2.05) is 23.1 Å². The average Bonchev–Trinajstić information content (AvgIpc) is 3.37. The van der Waals surface area contributed by atoms with Gasteiger partial charge in [0.25, 0.3) is 0 Å². The number of hydrogen-bond acceptors (Lipinski definition) is 8. The van der Waals surface area contributed by atoms with Crippen molar-refractivity contribution >= 4 is 11.7 Å². The molecule has 0 radical (unpaired) electrons. The van der Waals surface area contributed by atoms with Gasteiger partial charge in [-0.3, -0.25) is 9.78 Å². The van der Waals surface area contributed by atoms with Crippen molar-refractivity contribution in [2.24, 2.45) is 0 Å². The summed E-state index contributed by atoms with van der Waals surface area (Å²) in [5, 5.41) is 0. The number of hydrazine groups is 1. The quantitative estimate of drug-likeness (QED) is 0.725. The van der Waals surface area contributed by atoms with E-state index < -0.39 is 0 Å². The van der Waals surface area contributed by atoms with Crippen LogP contribution in [0.2, 0.25) is 0 Å². The standard InChI is InChI=1S/C24H33N7O2/c1-16-17(2)26-22(27-23(16)30-11-13-33-14-12-30)18-6-9-31(10-7-18)24(32)21-15-20(28-29-21)19-5-3-4-8-25-19/h3-5,8,18,20-21,28-29H,6-7,9-15H2,1-2H3. The predicted octanol–water partition coefficient (Wildman–Crippen LogP) is 1.64. The first kappa shape index (κ1) is 22.2. The summed E-state index contributed by atoms with van der Waals surface area (Å²) in [6, 6.07) is 5.71. The number of nitrogens with zero attached hydrogens (tertiary/aromatic N) is 5. The number of hydrogen-bond donors (Lipinski definition) is 2. The number of pyridine rings is 1. The van der Waals surface area contributed by atoms with Crippen LogP contribution in [0.15, 0.2) is 24.4 Å². The van der Waals surface area contributed by atoms with Crippen molar-refractivity contribution in [2.45, 2.75) is 51.1 Å². The Bertz CT molecular complexity index is 972. The second-order valence-corrected chi connectivity index (χ2v) is 9.20. The highest BCUT2D eigenvalue weighted by Gasteiger charge is 2.35. The molecule has 5 heterocycles. The van der Waals surface area contributed by atoms with Crippen molar-refractivity contribution in [1.29, 1.82) is 0 Å². The Morgan fingerprint density at radius 2 is 1.85 bits per heavy atom. The number of aryl methyl sites for hydroxylation is 1. The molecule has 5 rings (SSSR count). The molecule has 0 spiro atoms. The second-order valence-electron chi connectivity index (χ2n) is 9.20. The third-order valence-electron chi connectivity index (χ3n) is 7.11. The number of anilines is 1. The fourth-order valence-corrected chi connectivity index (χ4v) is 4.97. The van der Waals surface area contributed by atoms with E-state index in [1.54, 1.807) is 6.20 Å².